The molecule has 4 nitrogen and oxygen atoms in total. The van der Waals surface area contributed by atoms with Gasteiger partial charge in [0.15, 0.2) is 0 Å². The summed E-state index contributed by atoms with van der Waals surface area (Å²) >= 11 is 0. The Kier molecular flexibility index (Phi) is 13.9. The SMILES string of the molecule is CCOCC.O=[SH](=O)O. The van der Waals surface area contributed by atoms with Gasteiger partial charge in [-0.1, -0.05) is 0 Å². The van der Waals surface area contributed by atoms with Crippen molar-refractivity contribution in [3.63, 3.8) is 0 Å². The summed E-state index contributed by atoms with van der Waals surface area (Å²) < 4.78 is 29.0. The summed E-state index contributed by atoms with van der Waals surface area (Å²) in [4.78, 5) is 0. The molecule has 0 aromatic heterocycles. The van der Waals surface area contributed by atoms with Gasteiger partial charge in [0.05, 0.1) is 0 Å². The zero-order valence-corrected chi connectivity index (χ0v) is 6.43. The van der Waals surface area contributed by atoms with E-state index in [4.69, 9.17) is 17.7 Å². The molecule has 0 aliphatic heterocycles. The molecule has 0 amide bonds. The van der Waals surface area contributed by atoms with E-state index in [2.05, 4.69) is 0 Å². The first-order valence-corrected chi connectivity index (χ1v) is 3.69. The van der Waals surface area contributed by atoms with Crippen LogP contribution in [0, 0.1) is 0 Å². The van der Waals surface area contributed by atoms with Gasteiger partial charge in [0, 0.05) is 13.2 Å². The molecule has 9 heavy (non-hydrogen) atoms. The van der Waals surface area contributed by atoms with Crippen LogP contribution >= 0.6 is 0 Å². The van der Waals surface area contributed by atoms with Crippen molar-refractivity contribution in [2.75, 3.05) is 13.2 Å². The minimum Gasteiger partial charge on any atom is -0.382 e. The molecule has 0 saturated carbocycles. The Balaban J connectivity index is 0. The van der Waals surface area contributed by atoms with Crippen molar-refractivity contribution in [3.8, 4) is 0 Å². The Morgan fingerprint density at radius 3 is 1.56 bits per heavy atom. The van der Waals surface area contributed by atoms with Crippen molar-refractivity contribution < 1.29 is 17.7 Å². The third-order valence-corrected chi connectivity index (χ3v) is 0.408. The highest BCUT2D eigenvalue weighted by atomic mass is 32.2. The van der Waals surface area contributed by atoms with E-state index in [1.165, 1.54) is 0 Å². The van der Waals surface area contributed by atoms with Gasteiger partial charge in [-0.3, -0.25) is 4.55 Å². The summed E-state index contributed by atoms with van der Waals surface area (Å²) in [6.07, 6.45) is 0. The fourth-order valence-corrected chi connectivity index (χ4v) is 0.204. The maximum atomic E-state index is 8.59. The fraction of sp³-hybridized carbons (Fsp3) is 1.00. The molecule has 58 valence electrons. The largest absolute Gasteiger partial charge is 0.382 e. The Hall–Kier alpha value is -0.130. The molecule has 0 rings (SSSR count). The lowest BCUT2D eigenvalue weighted by Crippen LogP contribution is -1.84. The van der Waals surface area contributed by atoms with Crippen molar-refractivity contribution >= 4 is 11.0 Å². The molecule has 0 aromatic rings. The van der Waals surface area contributed by atoms with E-state index in [1.54, 1.807) is 0 Å². The monoisotopic (exact) mass is 156 g/mol. The Morgan fingerprint density at radius 2 is 1.56 bits per heavy atom. The summed E-state index contributed by atoms with van der Waals surface area (Å²) in [6.45, 7) is 5.67. The highest BCUT2D eigenvalue weighted by Crippen LogP contribution is 1.64. The zero-order valence-electron chi connectivity index (χ0n) is 5.53. The van der Waals surface area contributed by atoms with Gasteiger partial charge < -0.3 is 4.74 Å². The molecule has 0 aliphatic rings. The summed E-state index contributed by atoms with van der Waals surface area (Å²) in [6, 6.07) is 0. The van der Waals surface area contributed by atoms with Gasteiger partial charge in [0.1, 0.15) is 0 Å². The predicted octanol–water partition coefficient (Wildman–Crippen LogP) is 0.114. The van der Waals surface area contributed by atoms with Crippen LogP contribution in [-0.2, 0) is 15.7 Å². The molecule has 0 aliphatic carbocycles. The first kappa shape index (κ1) is 11.6. The highest BCUT2D eigenvalue weighted by molar-refractivity contribution is 7.66. The van der Waals surface area contributed by atoms with Crippen LogP contribution in [0.5, 0.6) is 0 Å². The van der Waals surface area contributed by atoms with Crippen LogP contribution in [0.15, 0.2) is 0 Å². The van der Waals surface area contributed by atoms with E-state index in [0.717, 1.165) is 13.2 Å². The Labute approximate surface area is 56.6 Å². The summed E-state index contributed by atoms with van der Waals surface area (Å²) in [5.41, 5.74) is 0. The first-order chi connectivity index (χ1) is 4.15. The minimum atomic E-state index is -3.12. The Bertz CT molecular complexity index is 88.7. The molecule has 0 fully saturated rings. The van der Waals surface area contributed by atoms with E-state index in [9.17, 15) is 0 Å². The van der Waals surface area contributed by atoms with Crippen molar-refractivity contribution in [2.24, 2.45) is 0 Å². The lowest BCUT2D eigenvalue weighted by molar-refractivity contribution is 0.162. The van der Waals surface area contributed by atoms with Crippen molar-refractivity contribution in [1.29, 1.82) is 0 Å². The van der Waals surface area contributed by atoms with Crippen molar-refractivity contribution in [1.82, 2.24) is 0 Å². The average molecular weight is 156 g/mol. The molecule has 0 saturated heterocycles. The third-order valence-electron chi connectivity index (χ3n) is 0.408. The number of rotatable bonds is 2. The molecular formula is C4H12O4S. The molecule has 0 heterocycles. The van der Waals surface area contributed by atoms with Gasteiger partial charge in [-0.05, 0) is 13.8 Å². The van der Waals surface area contributed by atoms with Gasteiger partial charge in [-0.2, -0.15) is 0 Å². The van der Waals surface area contributed by atoms with Gasteiger partial charge in [-0.15, -0.1) is 0 Å². The normalized spacial score (nSPS) is 8.44. The molecule has 5 heteroatoms. The van der Waals surface area contributed by atoms with E-state index in [1.807, 2.05) is 13.8 Å². The second-order valence-corrected chi connectivity index (χ2v) is 1.49. The molecule has 1 N–H and O–H groups in total. The standard InChI is InChI=1S/C4H10O.H2O3S/c1-3-5-4-2;1-4(2)3/h3-4H2,1-2H3;4H,(H,1,2,3). The smallest absolute Gasteiger partial charge is 0.254 e. The van der Waals surface area contributed by atoms with Crippen LogP contribution in [0.2, 0.25) is 0 Å². The maximum absolute atomic E-state index is 8.59. The van der Waals surface area contributed by atoms with Crippen LogP contribution in [0.25, 0.3) is 0 Å². The zero-order chi connectivity index (χ0) is 7.70. The van der Waals surface area contributed by atoms with Crippen LogP contribution < -0.4 is 0 Å². The Morgan fingerprint density at radius 1 is 1.33 bits per heavy atom. The van der Waals surface area contributed by atoms with E-state index in [-0.39, 0.29) is 0 Å². The summed E-state index contributed by atoms with van der Waals surface area (Å²) in [5, 5.41) is 0. The highest BCUT2D eigenvalue weighted by Gasteiger charge is 1.64. The van der Waals surface area contributed by atoms with Crippen LogP contribution in [0.1, 0.15) is 13.8 Å². The van der Waals surface area contributed by atoms with E-state index >= 15 is 0 Å². The van der Waals surface area contributed by atoms with E-state index in [0.29, 0.717) is 0 Å². The lowest BCUT2D eigenvalue weighted by Gasteiger charge is -1.86. The van der Waals surface area contributed by atoms with Crippen LogP contribution in [-0.4, -0.2) is 26.2 Å². The van der Waals surface area contributed by atoms with Gasteiger partial charge in [-0.25, -0.2) is 8.42 Å². The molecule has 0 bridgehead atoms. The minimum absolute atomic E-state index is 0.844. The van der Waals surface area contributed by atoms with Crippen molar-refractivity contribution in [2.45, 2.75) is 13.8 Å². The predicted molar refractivity (Wildman–Crippen MR) is 35.1 cm³/mol. The average Bonchev–Trinajstić information content (AvgIpc) is 1.66. The van der Waals surface area contributed by atoms with Gasteiger partial charge in [0.25, 0.3) is 11.0 Å². The molecule has 0 radical (unpaired) electrons. The van der Waals surface area contributed by atoms with E-state index < -0.39 is 11.0 Å². The lowest BCUT2D eigenvalue weighted by atomic mass is 10.8. The first-order valence-electron chi connectivity index (χ1n) is 2.56. The number of hydrogen-bond donors (Lipinski definition) is 2. The van der Waals surface area contributed by atoms with Gasteiger partial charge in [0.2, 0.25) is 0 Å². The van der Waals surface area contributed by atoms with Crippen LogP contribution in [0.4, 0.5) is 0 Å². The van der Waals surface area contributed by atoms with Crippen molar-refractivity contribution in [3.05, 3.63) is 0 Å². The summed E-state index contributed by atoms with van der Waals surface area (Å²) in [5.74, 6) is 0. The third kappa shape index (κ3) is 77.5. The molecule has 0 unspecified atom stereocenters. The number of hydrogen-bond acceptors (Lipinski definition) is 3. The number of thiol groups is 1. The molecule has 0 atom stereocenters. The van der Waals surface area contributed by atoms with Gasteiger partial charge >= 0.3 is 0 Å². The second kappa shape index (κ2) is 10.8. The molecule has 0 spiro atoms. The molecule has 0 aromatic carbocycles. The summed E-state index contributed by atoms with van der Waals surface area (Å²) in [7, 11) is -3.12. The maximum Gasteiger partial charge on any atom is 0.254 e. The molecular weight excluding hydrogens is 144 g/mol. The topological polar surface area (TPSA) is 63.6 Å². The van der Waals surface area contributed by atoms with Crippen LogP contribution in [0.3, 0.4) is 0 Å². The fourth-order valence-electron chi connectivity index (χ4n) is 0.204. The second-order valence-electron chi connectivity index (χ2n) is 1.02. The number of ether oxygens (including phenoxy) is 1. The quantitative estimate of drug-likeness (QED) is 0.440.